The summed E-state index contributed by atoms with van der Waals surface area (Å²) in [6.07, 6.45) is 6.38. The topological polar surface area (TPSA) is 92.6 Å². The number of fused-ring (bicyclic) bond motifs is 1. The van der Waals surface area contributed by atoms with Gasteiger partial charge in [-0.25, -0.2) is 15.0 Å². The maximum absolute atomic E-state index is 13.0. The Balaban J connectivity index is 1.26. The lowest BCUT2D eigenvalue weighted by molar-refractivity contribution is 0.0686. The van der Waals surface area contributed by atoms with Crippen LogP contribution in [0.15, 0.2) is 42.7 Å². The number of benzene rings is 1. The van der Waals surface area contributed by atoms with Crippen LogP contribution in [0.1, 0.15) is 34.8 Å². The Bertz CT molecular complexity index is 1230. The van der Waals surface area contributed by atoms with Crippen LogP contribution in [0, 0.1) is 12.8 Å². The van der Waals surface area contributed by atoms with E-state index < -0.39 is 0 Å². The predicted molar refractivity (Wildman–Crippen MR) is 117 cm³/mol. The van der Waals surface area contributed by atoms with Crippen molar-refractivity contribution in [3.05, 3.63) is 59.9 Å². The first-order chi connectivity index (χ1) is 15.1. The largest absolute Gasteiger partial charge is 0.337 e. The van der Waals surface area contributed by atoms with Crippen LogP contribution in [-0.4, -0.2) is 53.6 Å². The highest BCUT2D eigenvalue weighted by Crippen LogP contribution is 2.24. The molecule has 1 aliphatic heterocycles. The molecule has 8 nitrogen and oxygen atoms in total. The van der Waals surface area contributed by atoms with Crippen molar-refractivity contribution in [1.82, 2.24) is 34.6 Å². The SMILES string of the molecule is Cc1cc(-c2nccn2C)nc(CC2CCN(C(=O)c3n[nH]c4ccccc34)CC2)n1. The van der Waals surface area contributed by atoms with Gasteiger partial charge >= 0.3 is 0 Å². The number of hydrogen-bond acceptors (Lipinski definition) is 5. The zero-order chi connectivity index (χ0) is 21.4. The number of carbonyl (C=O) groups is 1. The first-order valence-electron chi connectivity index (χ1n) is 10.6. The van der Waals surface area contributed by atoms with Crippen LogP contribution < -0.4 is 0 Å². The Labute approximate surface area is 180 Å². The molecule has 0 unspecified atom stereocenters. The van der Waals surface area contributed by atoms with Gasteiger partial charge in [-0.15, -0.1) is 0 Å². The lowest BCUT2D eigenvalue weighted by Gasteiger charge is -2.31. The van der Waals surface area contributed by atoms with E-state index in [2.05, 4.69) is 20.2 Å². The summed E-state index contributed by atoms with van der Waals surface area (Å²) >= 11 is 0. The van der Waals surface area contributed by atoms with Gasteiger partial charge in [0.05, 0.1) is 5.52 Å². The summed E-state index contributed by atoms with van der Waals surface area (Å²) in [5, 5.41) is 8.10. The third kappa shape index (κ3) is 3.81. The predicted octanol–water partition coefficient (Wildman–Crippen LogP) is 3.16. The highest BCUT2D eigenvalue weighted by atomic mass is 16.2. The number of carbonyl (C=O) groups excluding carboxylic acids is 1. The van der Waals surface area contributed by atoms with Crippen LogP contribution in [0.5, 0.6) is 0 Å². The highest BCUT2D eigenvalue weighted by molar-refractivity contribution is 6.04. The molecule has 0 radical (unpaired) electrons. The number of aryl methyl sites for hydroxylation is 2. The van der Waals surface area contributed by atoms with Crippen LogP contribution in [0.25, 0.3) is 22.4 Å². The fourth-order valence-corrected chi connectivity index (χ4v) is 4.32. The van der Waals surface area contributed by atoms with Crippen molar-refractivity contribution in [2.75, 3.05) is 13.1 Å². The lowest BCUT2D eigenvalue weighted by atomic mass is 9.93. The highest BCUT2D eigenvalue weighted by Gasteiger charge is 2.27. The summed E-state index contributed by atoms with van der Waals surface area (Å²) in [5.74, 6) is 2.15. The molecule has 158 valence electrons. The van der Waals surface area contributed by atoms with E-state index >= 15 is 0 Å². The van der Waals surface area contributed by atoms with E-state index in [-0.39, 0.29) is 5.91 Å². The third-order valence-corrected chi connectivity index (χ3v) is 6.00. The number of H-pyrrole nitrogens is 1. The van der Waals surface area contributed by atoms with E-state index in [1.54, 1.807) is 6.20 Å². The monoisotopic (exact) mass is 415 g/mol. The number of nitrogens with one attached hydrogen (secondary N) is 1. The van der Waals surface area contributed by atoms with Gasteiger partial charge in [-0.2, -0.15) is 5.10 Å². The molecule has 0 bridgehead atoms. The number of likely N-dealkylation sites (tertiary alicyclic amines) is 1. The fraction of sp³-hybridized carbons (Fsp3) is 0.348. The lowest BCUT2D eigenvalue weighted by Crippen LogP contribution is -2.39. The van der Waals surface area contributed by atoms with Gasteiger partial charge in [-0.1, -0.05) is 18.2 Å². The molecule has 4 aromatic rings. The van der Waals surface area contributed by atoms with E-state index in [1.165, 1.54) is 0 Å². The normalized spacial score (nSPS) is 15.0. The summed E-state index contributed by atoms with van der Waals surface area (Å²) in [7, 11) is 1.97. The van der Waals surface area contributed by atoms with Gasteiger partial charge in [-0.3, -0.25) is 9.89 Å². The van der Waals surface area contributed by atoms with Gasteiger partial charge in [0, 0.05) is 50.0 Å². The molecular formula is C23H25N7O. The van der Waals surface area contributed by atoms with Gasteiger partial charge in [-0.05, 0) is 37.8 Å². The number of rotatable bonds is 4. The molecule has 1 fully saturated rings. The number of amides is 1. The number of para-hydroxylation sites is 1. The van der Waals surface area contributed by atoms with Gasteiger partial charge in [0.25, 0.3) is 5.91 Å². The second-order valence-corrected chi connectivity index (χ2v) is 8.23. The summed E-state index contributed by atoms with van der Waals surface area (Å²) in [6, 6.07) is 9.72. The van der Waals surface area contributed by atoms with E-state index in [0.29, 0.717) is 11.6 Å². The molecule has 5 rings (SSSR count). The second-order valence-electron chi connectivity index (χ2n) is 8.23. The number of nitrogens with zero attached hydrogens (tertiary/aromatic N) is 6. The minimum atomic E-state index is -0.000209. The summed E-state index contributed by atoms with van der Waals surface area (Å²) < 4.78 is 1.97. The molecule has 1 aliphatic rings. The molecule has 3 aromatic heterocycles. The third-order valence-electron chi connectivity index (χ3n) is 6.00. The second kappa shape index (κ2) is 7.94. The zero-order valence-electron chi connectivity index (χ0n) is 17.7. The summed E-state index contributed by atoms with van der Waals surface area (Å²) in [4.78, 5) is 28.7. The molecule has 8 heteroatoms. The molecule has 1 amide bonds. The van der Waals surface area contributed by atoms with Crippen LogP contribution in [0.3, 0.4) is 0 Å². The molecule has 1 N–H and O–H groups in total. The number of hydrogen-bond donors (Lipinski definition) is 1. The number of imidazole rings is 1. The summed E-state index contributed by atoms with van der Waals surface area (Å²) in [5.41, 5.74) is 3.20. The van der Waals surface area contributed by atoms with Gasteiger partial charge < -0.3 is 9.47 Å². The van der Waals surface area contributed by atoms with E-state index in [4.69, 9.17) is 4.98 Å². The molecule has 0 atom stereocenters. The Kier molecular flexibility index (Phi) is 4.97. The maximum Gasteiger partial charge on any atom is 0.274 e. The molecule has 31 heavy (non-hydrogen) atoms. The van der Waals surface area contributed by atoms with Crippen molar-refractivity contribution in [2.24, 2.45) is 13.0 Å². The smallest absolute Gasteiger partial charge is 0.274 e. The Morgan fingerprint density at radius 1 is 1.19 bits per heavy atom. The Morgan fingerprint density at radius 3 is 2.77 bits per heavy atom. The van der Waals surface area contributed by atoms with Crippen LogP contribution in [-0.2, 0) is 13.5 Å². The molecule has 4 heterocycles. The Morgan fingerprint density at radius 2 is 2.00 bits per heavy atom. The molecular weight excluding hydrogens is 390 g/mol. The van der Waals surface area contributed by atoms with E-state index in [9.17, 15) is 4.79 Å². The number of piperidine rings is 1. The number of aromatic nitrogens is 6. The van der Waals surface area contributed by atoms with Crippen molar-refractivity contribution in [2.45, 2.75) is 26.2 Å². The average Bonchev–Trinajstić information content (AvgIpc) is 3.39. The quantitative estimate of drug-likeness (QED) is 0.553. The zero-order valence-corrected chi connectivity index (χ0v) is 17.7. The van der Waals surface area contributed by atoms with E-state index in [1.807, 2.05) is 60.0 Å². The molecule has 0 saturated carbocycles. The molecule has 0 spiro atoms. The first-order valence-corrected chi connectivity index (χ1v) is 10.6. The van der Waals surface area contributed by atoms with Crippen LogP contribution >= 0.6 is 0 Å². The minimum Gasteiger partial charge on any atom is -0.337 e. The first kappa shape index (κ1) is 19.4. The fourth-order valence-electron chi connectivity index (χ4n) is 4.32. The molecule has 1 aromatic carbocycles. The maximum atomic E-state index is 13.0. The van der Waals surface area contributed by atoms with Crippen molar-refractivity contribution in [3.63, 3.8) is 0 Å². The van der Waals surface area contributed by atoms with Gasteiger partial charge in [0.15, 0.2) is 11.5 Å². The van der Waals surface area contributed by atoms with Crippen molar-refractivity contribution in [1.29, 1.82) is 0 Å². The van der Waals surface area contributed by atoms with Crippen molar-refractivity contribution < 1.29 is 4.79 Å². The van der Waals surface area contributed by atoms with Crippen molar-refractivity contribution in [3.8, 4) is 11.5 Å². The molecule has 0 aliphatic carbocycles. The standard InChI is InChI=1S/C23H25N7O/c1-15-13-19(22-24-9-12-29(22)2)26-20(25-15)14-16-7-10-30(11-8-16)23(31)21-17-5-3-4-6-18(17)27-28-21/h3-6,9,12-13,16H,7-8,10-11,14H2,1-2H3,(H,27,28). The summed E-state index contributed by atoms with van der Waals surface area (Å²) in [6.45, 7) is 3.44. The number of aromatic amines is 1. The van der Waals surface area contributed by atoms with Gasteiger partial charge in [0.2, 0.25) is 0 Å². The Hall–Kier alpha value is -3.55. The van der Waals surface area contributed by atoms with E-state index in [0.717, 1.165) is 66.3 Å². The van der Waals surface area contributed by atoms with Crippen LogP contribution in [0.4, 0.5) is 0 Å². The average molecular weight is 416 g/mol. The minimum absolute atomic E-state index is 0.000209. The molecule has 1 saturated heterocycles. The van der Waals surface area contributed by atoms with Gasteiger partial charge in [0.1, 0.15) is 11.5 Å². The van der Waals surface area contributed by atoms with Crippen molar-refractivity contribution >= 4 is 16.8 Å². The van der Waals surface area contributed by atoms with Crippen LogP contribution in [0.2, 0.25) is 0 Å².